The van der Waals surface area contributed by atoms with Crippen molar-refractivity contribution >= 4 is 110 Å². The summed E-state index contributed by atoms with van der Waals surface area (Å²) < 4.78 is 10.8. The Morgan fingerprint density at radius 3 is 2.04 bits per heavy atom. The molecule has 0 bridgehead atoms. The average Bonchev–Trinajstić information content (AvgIpc) is 2.54. The van der Waals surface area contributed by atoms with E-state index < -0.39 is 29.9 Å². The first-order valence-corrected chi connectivity index (χ1v) is 10.5. The number of nitrogen functional groups attached to an aromatic ring is 1. The molecule has 28 heavy (non-hydrogen) atoms. The first-order valence-electron chi connectivity index (χ1n) is 7.25. The predicted octanol–water partition coefficient (Wildman–Crippen LogP) is 2.43. The number of ether oxygens (including phenoxy) is 2. The lowest BCUT2D eigenvalue weighted by atomic mass is 10.1. The van der Waals surface area contributed by atoms with Crippen LogP contribution in [0.25, 0.3) is 0 Å². The summed E-state index contributed by atoms with van der Waals surface area (Å²) in [5.74, 6) is -2.95. The van der Waals surface area contributed by atoms with Crippen molar-refractivity contribution in [1.82, 2.24) is 5.32 Å². The zero-order chi connectivity index (χ0) is 20.9. The second kappa shape index (κ2) is 12.2. The van der Waals surface area contributed by atoms with Gasteiger partial charge in [-0.05, 0) is 67.8 Å². The van der Waals surface area contributed by atoms with E-state index in [0.29, 0.717) is 7.14 Å². The lowest BCUT2D eigenvalue weighted by Gasteiger charge is -2.19. The van der Waals surface area contributed by atoms with Crippen LogP contribution >= 0.6 is 80.2 Å². The van der Waals surface area contributed by atoms with Crippen LogP contribution in [0.4, 0.5) is 5.69 Å². The van der Waals surface area contributed by atoms with Crippen molar-refractivity contribution in [3.05, 3.63) is 21.8 Å². The number of carboxylic acids is 1. The SMILES string of the molecule is CC(=O)OCC(CNC(=O)c1c(I)c(N)c(I)c(C(=O)O)c1I)OC(C)=O.Cl. The summed E-state index contributed by atoms with van der Waals surface area (Å²) in [5, 5.41) is 12.0. The van der Waals surface area contributed by atoms with Gasteiger partial charge in [0.15, 0.2) is 6.10 Å². The minimum Gasteiger partial charge on any atom is -0.478 e. The molecule has 0 saturated heterocycles. The maximum Gasteiger partial charge on any atom is 0.337 e. The molecule has 1 unspecified atom stereocenters. The molecule has 1 rings (SSSR count). The number of hydrogen-bond donors (Lipinski definition) is 3. The topological polar surface area (TPSA) is 145 Å². The zero-order valence-corrected chi connectivity index (χ0v) is 21.8. The van der Waals surface area contributed by atoms with Crippen LogP contribution in [0.1, 0.15) is 34.6 Å². The molecule has 1 aromatic carbocycles. The molecule has 4 N–H and O–H groups in total. The summed E-state index contributed by atoms with van der Waals surface area (Å²) in [6.07, 6.45) is -0.884. The van der Waals surface area contributed by atoms with E-state index in [-0.39, 0.29) is 45.9 Å². The molecule has 0 fully saturated rings. The molecule has 156 valence electrons. The molecule has 13 heteroatoms. The molecule has 0 aliphatic heterocycles. The third-order valence-corrected chi connectivity index (χ3v) is 6.41. The number of carboxylic acid groups (broad SMARTS) is 1. The van der Waals surface area contributed by atoms with Gasteiger partial charge in [0, 0.05) is 17.4 Å². The lowest BCUT2D eigenvalue weighted by Crippen LogP contribution is -2.38. The van der Waals surface area contributed by atoms with Gasteiger partial charge in [0.05, 0.1) is 30.5 Å². The van der Waals surface area contributed by atoms with Gasteiger partial charge in [0.2, 0.25) is 0 Å². The Morgan fingerprint density at radius 1 is 1.04 bits per heavy atom. The smallest absolute Gasteiger partial charge is 0.337 e. The molecule has 1 atom stereocenters. The maximum absolute atomic E-state index is 12.6. The summed E-state index contributed by atoms with van der Waals surface area (Å²) in [5.41, 5.74) is 6.18. The summed E-state index contributed by atoms with van der Waals surface area (Å²) in [6.45, 7) is 2.04. The highest BCUT2D eigenvalue weighted by molar-refractivity contribution is 14.1. The van der Waals surface area contributed by atoms with Crippen LogP contribution in [-0.4, -0.2) is 48.2 Å². The number of amides is 1. The minimum absolute atomic E-state index is 0. The number of benzene rings is 1. The number of nitrogens with one attached hydrogen (secondary N) is 1. The number of carbonyl (C=O) groups excluding carboxylic acids is 3. The third-order valence-electron chi connectivity index (χ3n) is 3.09. The molecular formula is C15H16ClI3N2O7. The highest BCUT2D eigenvalue weighted by Gasteiger charge is 2.27. The van der Waals surface area contributed by atoms with E-state index in [4.69, 9.17) is 15.2 Å². The van der Waals surface area contributed by atoms with Crippen molar-refractivity contribution in [3.8, 4) is 0 Å². The Kier molecular flexibility index (Phi) is 11.9. The monoisotopic (exact) mass is 752 g/mol. The Labute approximate surface area is 207 Å². The van der Waals surface area contributed by atoms with Crippen molar-refractivity contribution in [1.29, 1.82) is 0 Å². The Morgan fingerprint density at radius 2 is 1.57 bits per heavy atom. The van der Waals surface area contributed by atoms with Crippen molar-refractivity contribution in [2.45, 2.75) is 20.0 Å². The molecule has 0 heterocycles. The summed E-state index contributed by atoms with van der Waals surface area (Å²) in [6, 6.07) is 0. The summed E-state index contributed by atoms with van der Waals surface area (Å²) in [4.78, 5) is 46.2. The van der Waals surface area contributed by atoms with E-state index in [1.165, 1.54) is 13.8 Å². The quantitative estimate of drug-likeness (QED) is 0.219. The lowest BCUT2D eigenvalue weighted by molar-refractivity contribution is -0.155. The Balaban J connectivity index is 0.00000729. The average molecular weight is 752 g/mol. The second-order valence-corrected chi connectivity index (χ2v) is 8.39. The molecule has 1 amide bonds. The normalized spacial score (nSPS) is 11.0. The Hall–Kier alpha value is -0.620. The van der Waals surface area contributed by atoms with Gasteiger partial charge in [0.25, 0.3) is 5.91 Å². The standard InChI is InChI=1S/C15H15I3N2O7.ClH/c1-5(21)26-4-7(27-6(2)22)3-20-14(23)8-10(16)9(15(24)25)12(18)13(19)11(8)17;/h7H,3-4,19H2,1-2H3,(H,20,23)(H,24,25);1H. The van der Waals surface area contributed by atoms with Crippen LogP contribution in [0.5, 0.6) is 0 Å². The van der Waals surface area contributed by atoms with E-state index in [2.05, 4.69) is 5.32 Å². The van der Waals surface area contributed by atoms with Crippen LogP contribution in [0, 0.1) is 10.7 Å². The predicted molar refractivity (Wildman–Crippen MR) is 128 cm³/mol. The first kappa shape index (κ1) is 27.4. The van der Waals surface area contributed by atoms with E-state index in [9.17, 15) is 24.3 Å². The van der Waals surface area contributed by atoms with Gasteiger partial charge >= 0.3 is 17.9 Å². The molecule has 1 aromatic rings. The molecule has 0 saturated carbocycles. The molecule has 0 aliphatic carbocycles. The highest BCUT2D eigenvalue weighted by Crippen LogP contribution is 2.33. The summed E-state index contributed by atoms with van der Waals surface area (Å²) >= 11 is 5.47. The number of aromatic carboxylic acids is 1. The first-order chi connectivity index (χ1) is 12.5. The third kappa shape index (κ3) is 7.33. The van der Waals surface area contributed by atoms with Gasteiger partial charge in [-0.3, -0.25) is 14.4 Å². The largest absolute Gasteiger partial charge is 0.478 e. The highest BCUT2D eigenvalue weighted by atomic mass is 127. The van der Waals surface area contributed by atoms with Crippen molar-refractivity contribution < 1.29 is 33.8 Å². The Bertz CT molecular complexity index is 805. The molecule has 9 nitrogen and oxygen atoms in total. The van der Waals surface area contributed by atoms with Gasteiger partial charge < -0.3 is 25.6 Å². The molecule has 0 radical (unpaired) electrons. The van der Waals surface area contributed by atoms with Crippen molar-refractivity contribution in [3.63, 3.8) is 0 Å². The maximum atomic E-state index is 12.6. The van der Waals surface area contributed by atoms with Gasteiger partial charge in [-0.25, -0.2) is 4.79 Å². The number of carbonyl (C=O) groups is 4. The molecular weight excluding hydrogens is 736 g/mol. The number of nitrogens with two attached hydrogens (primary N) is 1. The van der Waals surface area contributed by atoms with Gasteiger partial charge in [-0.2, -0.15) is 0 Å². The van der Waals surface area contributed by atoms with Crippen LogP contribution in [0.15, 0.2) is 0 Å². The number of esters is 2. The van der Waals surface area contributed by atoms with E-state index in [0.717, 1.165) is 0 Å². The zero-order valence-electron chi connectivity index (χ0n) is 14.5. The van der Waals surface area contributed by atoms with Crippen LogP contribution in [0.3, 0.4) is 0 Å². The van der Waals surface area contributed by atoms with E-state index >= 15 is 0 Å². The second-order valence-electron chi connectivity index (χ2n) is 5.15. The van der Waals surface area contributed by atoms with Crippen LogP contribution in [0.2, 0.25) is 0 Å². The fraction of sp³-hybridized carbons (Fsp3) is 0.333. The van der Waals surface area contributed by atoms with Crippen molar-refractivity contribution in [2.24, 2.45) is 0 Å². The van der Waals surface area contributed by atoms with Crippen molar-refractivity contribution in [2.75, 3.05) is 18.9 Å². The number of halogens is 4. The number of anilines is 1. The molecule has 0 spiro atoms. The minimum atomic E-state index is -1.20. The number of hydrogen-bond acceptors (Lipinski definition) is 7. The fourth-order valence-corrected chi connectivity index (χ4v) is 6.06. The van der Waals surface area contributed by atoms with Gasteiger partial charge in [-0.1, -0.05) is 0 Å². The molecule has 0 aromatic heterocycles. The van der Waals surface area contributed by atoms with E-state index in [1.807, 2.05) is 45.2 Å². The van der Waals surface area contributed by atoms with Crippen LogP contribution in [-0.2, 0) is 19.1 Å². The van der Waals surface area contributed by atoms with E-state index in [1.54, 1.807) is 22.6 Å². The number of rotatable bonds is 7. The summed E-state index contributed by atoms with van der Waals surface area (Å²) in [7, 11) is 0. The van der Waals surface area contributed by atoms with Gasteiger partial charge in [-0.15, -0.1) is 12.4 Å². The molecule has 0 aliphatic rings. The van der Waals surface area contributed by atoms with Crippen LogP contribution < -0.4 is 11.1 Å². The van der Waals surface area contributed by atoms with Gasteiger partial charge in [0.1, 0.15) is 6.61 Å². The fourth-order valence-electron chi connectivity index (χ4n) is 1.95.